The summed E-state index contributed by atoms with van der Waals surface area (Å²) in [6, 6.07) is 8.86. The van der Waals surface area contributed by atoms with E-state index in [2.05, 4.69) is 69.2 Å². The second-order valence-electron chi connectivity index (χ2n) is 6.65. The van der Waals surface area contributed by atoms with E-state index in [9.17, 15) is 0 Å². The van der Waals surface area contributed by atoms with Gasteiger partial charge in [-0.05, 0) is 60.8 Å². The molecule has 0 spiro atoms. The molecule has 1 aromatic rings. The molecule has 0 heterocycles. The molecule has 0 radical (unpaired) electrons. The molecule has 0 saturated heterocycles. The molecule has 0 aliphatic heterocycles. The molecule has 0 aliphatic rings. The summed E-state index contributed by atoms with van der Waals surface area (Å²) >= 11 is 1.79. The van der Waals surface area contributed by atoms with Gasteiger partial charge in [0.1, 0.15) is 0 Å². The summed E-state index contributed by atoms with van der Waals surface area (Å²) in [5.41, 5.74) is 3.90. The van der Waals surface area contributed by atoms with Crippen molar-refractivity contribution in [2.45, 2.75) is 76.5 Å². The molecule has 1 rings (SSSR count). The highest BCUT2D eigenvalue weighted by molar-refractivity contribution is 7.98. The number of hydrogen-bond donors (Lipinski definition) is 0. The van der Waals surface area contributed by atoms with Crippen molar-refractivity contribution in [2.24, 2.45) is 0 Å². The summed E-state index contributed by atoms with van der Waals surface area (Å²) in [4.78, 5) is 1.32. The van der Waals surface area contributed by atoms with Gasteiger partial charge in [0, 0.05) is 4.90 Å². The number of benzene rings is 1. The molecule has 0 bridgehead atoms. The molecule has 0 saturated carbocycles. The summed E-state index contributed by atoms with van der Waals surface area (Å²) in [5, 5.41) is 0. The van der Waals surface area contributed by atoms with Crippen LogP contribution < -0.4 is 0 Å². The SMILES string of the molecule is C=C(Cc1ccc(SC)cc1)C(/C=C\CC)=C/CCCCCCCC. The average Bonchev–Trinajstić information content (AvgIpc) is 2.64. The molecule has 138 valence electrons. The van der Waals surface area contributed by atoms with E-state index in [-0.39, 0.29) is 0 Å². The van der Waals surface area contributed by atoms with Crippen LogP contribution in [0.3, 0.4) is 0 Å². The van der Waals surface area contributed by atoms with Gasteiger partial charge in [-0.2, -0.15) is 0 Å². The van der Waals surface area contributed by atoms with Gasteiger partial charge in [-0.25, -0.2) is 0 Å². The van der Waals surface area contributed by atoms with Crippen molar-refractivity contribution in [1.29, 1.82) is 0 Å². The number of unbranched alkanes of at least 4 members (excludes halogenated alkanes) is 6. The second-order valence-corrected chi connectivity index (χ2v) is 7.53. The van der Waals surface area contributed by atoms with E-state index in [1.807, 2.05) is 0 Å². The molecule has 0 atom stereocenters. The Balaban J connectivity index is 2.55. The van der Waals surface area contributed by atoms with Crippen molar-refractivity contribution >= 4 is 11.8 Å². The Kier molecular flexibility index (Phi) is 12.2. The van der Waals surface area contributed by atoms with Gasteiger partial charge < -0.3 is 0 Å². The van der Waals surface area contributed by atoms with Crippen LogP contribution in [-0.2, 0) is 6.42 Å². The molecule has 0 N–H and O–H groups in total. The van der Waals surface area contributed by atoms with Crippen LogP contribution in [0.2, 0.25) is 0 Å². The Hall–Kier alpha value is -1.21. The highest BCUT2D eigenvalue weighted by Gasteiger charge is 2.02. The van der Waals surface area contributed by atoms with Gasteiger partial charge in [-0.1, -0.05) is 82.9 Å². The predicted octanol–water partition coefficient (Wildman–Crippen LogP) is 8.15. The van der Waals surface area contributed by atoms with Crippen LogP contribution in [0.4, 0.5) is 0 Å². The first-order chi connectivity index (χ1) is 12.2. The lowest BCUT2D eigenvalue weighted by Crippen LogP contribution is -1.93. The maximum Gasteiger partial charge on any atom is 0.00693 e. The fourth-order valence-electron chi connectivity index (χ4n) is 2.85. The van der Waals surface area contributed by atoms with Crippen molar-refractivity contribution in [3.63, 3.8) is 0 Å². The minimum atomic E-state index is 0.936. The first-order valence-corrected chi connectivity index (χ1v) is 11.1. The first-order valence-electron chi connectivity index (χ1n) is 9.89. The molecule has 0 aromatic heterocycles. The van der Waals surface area contributed by atoms with E-state index in [4.69, 9.17) is 0 Å². The van der Waals surface area contributed by atoms with Gasteiger partial charge in [0.15, 0.2) is 0 Å². The Morgan fingerprint density at radius 2 is 1.68 bits per heavy atom. The van der Waals surface area contributed by atoms with Crippen molar-refractivity contribution in [1.82, 2.24) is 0 Å². The normalized spacial score (nSPS) is 12.0. The lowest BCUT2D eigenvalue weighted by molar-refractivity contribution is 0.611. The second kappa shape index (κ2) is 14.0. The molecular weight excluding hydrogens is 320 g/mol. The highest BCUT2D eigenvalue weighted by atomic mass is 32.2. The van der Waals surface area contributed by atoms with E-state index in [0.717, 1.165) is 12.8 Å². The Labute approximate surface area is 160 Å². The minimum Gasteiger partial charge on any atom is -0.130 e. The number of rotatable bonds is 13. The first kappa shape index (κ1) is 21.8. The molecule has 25 heavy (non-hydrogen) atoms. The zero-order chi connectivity index (χ0) is 18.3. The van der Waals surface area contributed by atoms with Gasteiger partial charge in [-0.3, -0.25) is 0 Å². The quantitative estimate of drug-likeness (QED) is 0.195. The lowest BCUT2D eigenvalue weighted by Gasteiger charge is -2.09. The van der Waals surface area contributed by atoms with Crippen molar-refractivity contribution in [3.8, 4) is 0 Å². The molecule has 0 unspecified atom stereocenters. The molecule has 0 fully saturated rings. The van der Waals surface area contributed by atoms with Crippen LogP contribution >= 0.6 is 11.8 Å². The number of thioether (sulfide) groups is 1. The molecule has 0 nitrogen and oxygen atoms in total. The van der Waals surface area contributed by atoms with Crippen molar-refractivity contribution in [2.75, 3.05) is 6.26 Å². The summed E-state index contributed by atoms with van der Waals surface area (Å²) in [7, 11) is 0. The van der Waals surface area contributed by atoms with E-state index >= 15 is 0 Å². The molecule has 1 heteroatoms. The van der Waals surface area contributed by atoms with Crippen LogP contribution in [-0.4, -0.2) is 6.26 Å². The fraction of sp³-hybridized carbons (Fsp3) is 0.500. The Morgan fingerprint density at radius 3 is 2.32 bits per heavy atom. The smallest absolute Gasteiger partial charge is 0.00693 e. The third-order valence-corrected chi connectivity index (χ3v) is 5.18. The van der Waals surface area contributed by atoms with E-state index in [1.54, 1.807) is 11.8 Å². The molecule has 1 aromatic carbocycles. The van der Waals surface area contributed by atoms with Gasteiger partial charge in [0.2, 0.25) is 0 Å². The van der Waals surface area contributed by atoms with Gasteiger partial charge in [0.05, 0.1) is 0 Å². The van der Waals surface area contributed by atoms with E-state index < -0.39 is 0 Å². The zero-order valence-electron chi connectivity index (χ0n) is 16.5. The van der Waals surface area contributed by atoms with E-state index in [1.165, 1.54) is 66.6 Å². The highest BCUT2D eigenvalue weighted by Crippen LogP contribution is 2.21. The fourth-order valence-corrected chi connectivity index (χ4v) is 3.26. The summed E-state index contributed by atoms with van der Waals surface area (Å²) in [5.74, 6) is 0. The Morgan fingerprint density at radius 1 is 1.00 bits per heavy atom. The van der Waals surface area contributed by atoms with Crippen LogP contribution in [0.1, 0.15) is 70.8 Å². The maximum absolute atomic E-state index is 4.36. The average molecular weight is 357 g/mol. The third-order valence-electron chi connectivity index (χ3n) is 4.44. The monoisotopic (exact) mass is 356 g/mol. The summed E-state index contributed by atoms with van der Waals surface area (Å²) < 4.78 is 0. The van der Waals surface area contributed by atoms with Crippen molar-refractivity contribution < 1.29 is 0 Å². The maximum atomic E-state index is 4.36. The van der Waals surface area contributed by atoms with Crippen LogP contribution in [0.5, 0.6) is 0 Å². The standard InChI is InChI=1S/C24H36S/c1-5-7-9-10-11-12-13-15-23(14-8-6-2)21(3)20-22-16-18-24(25-4)19-17-22/h8,14-19H,3,5-7,9-13,20H2,1-2,4H3/b14-8-,23-15+. The van der Waals surface area contributed by atoms with Gasteiger partial charge >= 0.3 is 0 Å². The van der Waals surface area contributed by atoms with Gasteiger partial charge in [0.25, 0.3) is 0 Å². The Bertz CT molecular complexity index is 534. The summed E-state index contributed by atoms with van der Waals surface area (Å²) in [6.07, 6.45) is 20.3. The summed E-state index contributed by atoms with van der Waals surface area (Å²) in [6.45, 7) is 8.82. The lowest BCUT2D eigenvalue weighted by atomic mass is 9.97. The number of hydrogen-bond acceptors (Lipinski definition) is 1. The van der Waals surface area contributed by atoms with E-state index in [0.29, 0.717) is 0 Å². The predicted molar refractivity (Wildman–Crippen MR) is 117 cm³/mol. The van der Waals surface area contributed by atoms with Crippen molar-refractivity contribution in [3.05, 3.63) is 65.8 Å². The zero-order valence-corrected chi connectivity index (χ0v) is 17.3. The topological polar surface area (TPSA) is 0 Å². The molecular formula is C24H36S. The third kappa shape index (κ3) is 9.75. The van der Waals surface area contributed by atoms with Crippen LogP contribution in [0, 0.1) is 0 Å². The minimum absolute atomic E-state index is 0.936. The van der Waals surface area contributed by atoms with Crippen LogP contribution in [0.15, 0.2) is 65.1 Å². The largest absolute Gasteiger partial charge is 0.130 e. The molecule has 0 aliphatic carbocycles. The van der Waals surface area contributed by atoms with Crippen LogP contribution in [0.25, 0.3) is 0 Å². The molecule has 0 amide bonds. The number of allylic oxidation sites excluding steroid dienone is 5. The van der Waals surface area contributed by atoms with Gasteiger partial charge in [-0.15, -0.1) is 11.8 Å².